The smallest absolute Gasteiger partial charge is 0.295 e. The van der Waals surface area contributed by atoms with Crippen LogP contribution in [0.25, 0.3) is 5.76 Å². The molecule has 6 nitrogen and oxygen atoms in total. The molecule has 0 spiro atoms. The molecule has 1 N–H and O–H groups in total. The van der Waals surface area contributed by atoms with Gasteiger partial charge in [0.1, 0.15) is 11.5 Å². The molecule has 1 unspecified atom stereocenters. The number of hydrogen-bond donors (Lipinski definition) is 1. The van der Waals surface area contributed by atoms with Crippen LogP contribution in [0.1, 0.15) is 30.5 Å². The number of carbonyl (C=O) groups is 2. The average Bonchev–Trinajstić information content (AvgIpc) is 2.99. The third-order valence-corrected chi connectivity index (χ3v) is 5.14. The molecule has 7 heteroatoms. The monoisotopic (exact) mass is 429 g/mol. The van der Waals surface area contributed by atoms with Crippen molar-refractivity contribution in [3.8, 4) is 5.75 Å². The van der Waals surface area contributed by atoms with Gasteiger partial charge in [-0.2, -0.15) is 0 Å². The van der Waals surface area contributed by atoms with Crippen molar-refractivity contribution >= 4 is 29.1 Å². The SMILES string of the molecule is CCOc1cccc(/C(O)=C2/C(=O)C(=O)N(CCCOC)C2c2ccc(Cl)cc2)c1. The molecule has 30 heavy (non-hydrogen) atoms. The van der Waals surface area contributed by atoms with Gasteiger partial charge in [-0.05, 0) is 43.2 Å². The number of benzene rings is 2. The Morgan fingerprint density at radius 1 is 1.17 bits per heavy atom. The molecule has 158 valence electrons. The number of Topliss-reactive ketones (excluding diaryl/α,β-unsaturated/α-hetero) is 1. The zero-order valence-corrected chi connectivity index (χ0v) is 17.7. The molecule has 0 bridgehead atoms. The third kappa shape index (κ3) is 4.50. The summed E-state index contributed by atoms with van der Waals surface area (Å²) < 4.78 is 10.6. The van der Waals surface area contributed by atoms with Gasteiger partial charge in [0.05, 0.1) is 18.2 Å². The summed E-state index contributed by atoms with van der Waals surface area (Å²) in [6.07, 6.45) is 0.563. The van der Waals surface area contributed by atoms with Crippen LogP contribution in [0.2, 0.25) is 5.02 Å². The second-order valence-corrected chi connectivity index (χ2v) is 7.29. The standard InChI is InChI=1S/C23H24ClNO5/c1-3-30-18-7-4-6-16(14-18)21(26)19-20(15-8-10-17(24)11-9-15)25(12-5-13-29-2)23(28)22(19)27/h4,6-11,14,20,26H,3,5,12-13H2,1-2H3/b21-19-. The molecule has 1 saturated heterocycles. The number of halogens is 1. The maximum absolute atomic E-state index is 12.9. The van der Waals surface area contributed by atoms with Crippen LogP contribution in [0.3, 0.4) is 0 Å². The van der Waals surface area contributed by atoms with E-state index in [4.69, 9.17) is 21.1 Å². The maximum atomic E-state index is 12.9. The largest absolute Gasteiger partial charge is 0.507 e. The van der Waals surface area contributed by atoms with E-state index < -0.39 is 17.7 Å². The Hall–Kier alpha value is -2.83. The van der Waals surface area contributed by atoms with Crippen LogP contribution in [-0.4, -0.2) is 48.6 Å². The molecule has 0 saturated carbocycles. The lowest BCUT2D eigenvalue weighted by atomic mass is 9.95. The highest BCUT2D eigenvalue weighted by atomic mass is 35.5. The molecule has 0 radical (unpaired) electrons. The lowest BCUT2D eigenvalue weighted by molar-refractivity contribution is -0.140. The van der Waals surface area contributed by atoms with Gasteiger partial charge in [0.2, 0.25) is 0 Å². The average molecular weight is 430 g/mol. The highest BCUT2D eigenvalue weighted by molar-refractivity contribution is 6.46. The number of aliphatic hydroxyl groups is 1. The van der Waals surface area contributed by atoms with Crippen LogP contribution in [0.5, 0.6) is 5.75 Å². The molecular weight excluding hydrogens is 406 g/mol. The Morgan fingerprint density at radius 3 is 2.57 bits per heavy atom. The highest BCUT2D eigenvalue weighted by Gasteiger charge is 2.45. The van der Waals surface area contributed by atoms with E-state index >= 15 is 0 Å². The second-order valence-electron chi connectivity index (χ2n) is 6.85. The summed E-state index contributed by atoms with van der Waals surface area (Å²) in [6, 6.07) is 13.0. The van der Waals surface area contributed by atoms with E-state index in [0.717, 1.165) is 0 Å². The summed E-state index contributed by atoms with van der Waals surface area (Å²) in [6.45, 7) is 3.10. The van der Waals surface area contributed by atoms with Gasteiger partial charge in [-0.1, -0.05) is 35.9 Å². The number of aliphatic hydroxyl groups excluding tert-OH is 1. The summed E-state index contributed by atoms with van der Waals surface area (Å²) in [5.74, 6) is -1.02. The van der Waals surface area contributed by atoms with Crippen molar-refractivity contribution < 1.29 is 24.2 Å². The highest BCUT2D eigenvalue weighted by Crippen LogP contribution is 2.40. The molecular formula is C23H24ClNO5. The van der Waals surface area contributed by atoms with E-state index in [2.05, 4.69) is 0 Å². The van der Waals surface area contributed by atoms with Gasteiger partial charge in [0, 0.05) is 30.8 Å². The summed E-state index contributed by atoms with van der Waals surface area (Å²) in [5.41, 5.74) is 1.15. The minimum Gasteiger partial charge on any atom is -0.507 e. The Labute approximate surface area is 180 Å². The van der Waals surface area contributed by atoms with Crippen molar-refractivity contribution in [3.63, 3.8) is 0 Å². The molecule has 1 heterocycles. The minimum absolute atomic E-state index is 0.0494. The number of rotatable bonds is 8. The topological polar surface area (TPSA) is 76.1 Å². The number of ketones is 1. The normalized spacial score (nSPS) is 18.1. The van der Waals surface area contributed by atoms with Gasteiger partial charge in [-0.25, -0.2) is 0 Å². The van der Waals surface area contributed by atoms with Crippen molar-refractivity contribution in [1.82, 2.24) is 4.90 Å². The minimum atomic E-state index is -0.716. The summed E-state index contributed by atoms with van der Waals surface area (Å²) in [5, 5.41) is 11.6. The molecule has 1 fully saturated rings. The van der Waals surface area contributed by atoms with Crippen molar-refractivity contribution in [2.24, 2.45) is 0 Å². The third-order valence-electron chi connectivity index (χ3n) is 4.89. The van der Waals surface area contributed by atoms with E-state index in [0.29, 0.717) is 48.1 Å². The fourth-order valence-corrected chi connectivity index (χ4v) is 3.66. The van der Waals surface area contributed by atoms with Gasteiger partial charge in [-0.3, -0.25) is 9.59 Å². The lowest BCUT2D eigenvalue weighted by Gasteiger charge is -2.25. The van der Waals surface area contributed by atoms with E-state index in [1.807, 2.05) is 6.92 Å². The van der Waals surface area contributed by atoms with Crippen LogP contribution in [0, 0.1) is 0 Å². The fourth-order valence-electron chi connectivity index (χ4n) is 3.54. The van der Waals surface area contributed by atoms with Crippen LogP contribution >= 0.6 is 11.6 Å². The van der Waals surface area contributed by atoms with E-state index in [1.54, 1.807) is 55.6 Å². The number of carbonyl (C=O) groups excluding carboxylic acids is 2. The van der Waals surface area contributed by atoms with Crippen LogP contribution < -0.4 is 4.74 Å². The predicted molar refractivity (Wildman–Crippen MR) is 115 cm³/mol. The number of methoxy groups -OCH3 is 1. The Morgan fingerprint density at radius 2 is 1.90 bits per heavy atom. The number of amides is 1. The van der Waals surface area contributed by atoms with E-state index in [-0.39, 0.29) is 11.3 Å². The first kappa shape index (κ1) is 21.9. The van der Waals surface area contributed by atoms with Gasteiger partial charge >= 0.3 is 0 Å². The molecule has 3 rings (SSSR count). The first-order valence-corrected chi connectivity index (χ1v) is 10.1. The quantitative estimate of drug-likeness (QED) is 0.294. The molecule has 2 aromatic rings. The van der Waals surface area contributed by atoms with E-state index in [1.165, 1.54) is 4.90 Å². The number of nitrogens with zero attached hydrogens (tertiary/aromatic N) is 1. The fraction of sp³-hybridized carbons (Fsp3) is 0.304. The second kappa shape index (κ2) is 9.78. The Balaban J connectivity index is 2.10. The summed E-state index contributed by atoms with van der Waals surface area (Å²) >= 11 is 6.02. The molecule has 1 aliphatic rings. The predicted octanol–water partition coefficient (Wildman–Crippen LogP) is 4.20. The first-order valence-electron chi connectivity index (χ1n) is 9.74. The van der Waals surface area contributed by atoms with Gasteiger partial charge in [0.15, 0.2) is 0 Å². The molecule has 1 aliphatic heterocycles. The molecule has 0 aliphatic carbocycles. The first-order chi connectivity index (χ1) is 14.5. The zero-order valence-electron chi connectivity index (χ0n) is 16.9. The number of likely N-dealkylation sites (tertiary alicyclic amines) is 1. The maximum Gasteiger partial charge on any atom is 0.295 e. The summed E-state index contributed by atoms with van der Waals surface area (Å²) in [4.78, 5) is 27.2. The van der Waals surface area contributed by atoms with Crippen LogP contribution in [0.15, 0.2) is 54.1 Å². The van der Waals surface area contributed by atoms with Gasteiger partial charge in [0.25, 0.3) is 11.7 Å². The number of ether oxygens (including phenoxy) is 2. The molecule has 1 amide bonds. The van der Waals surface area contributed by atoms with Crippen molar-refractivity contribution in [2.75, 3.05) is 26.9 Å². The zero-order chi connectivity index (χ0) is 21.7. The molecule has 2 aromatic carbocycles. The molecule has 1 atom stereocenters. The summed E-state index contributed by atoms with van der Waals surface area (Å²) in [7, 11) is 1.58. The Kier molecular flexibility index (Phi) is 7.13. The van der Waals surface area contributed by atoms with Crippen molar-refractivity contribution in [3.05, 3.63) is 70.3 Å². The van der Waals surface area contributed by atoms with Crippen molar-refractivity contribution in [1.29, 1.82) is 0 Å². The van der Waals surface area contributed by atoms with Crippen LogP contribution in [-0.2, 0) is 14.3 Å². The van der Waals surface area contributed by atoms with Gasteiger partial charge < -0.3 is 19.5 Å². The lowest BCUT2D eigenvalue weighted by Crippen LogP contribution is -2.31. The van der Waals surface area contributed by atoms with E-state index in [9.17, 15) is 14.7 Å². The number of hydrogen-bond acceptors (Lipinski definition) is 5. The van der Waals surface area contributed by atoms with Crippen molar-refractivity contribution in [2.45, 2.75) is 19.4 Å². The Bertz CT molecular complexity index is 954. The van der Waals surface area contributed by atoms with Crippen LogP contribution in [0.4, 0.5) is 0 Å². The van der Waals surface area contributed by atoms with Gasteiger partial charge in [-0.15, -0.1) is 0 Å². The molecule has 0 aromatic heterocycles.